The maximum atomic E-state index is 11.7. The van der Waals surface area contributed by atoms with E-state index in [0.29, 0.717) is 30.4 Å². The molecule has 4 rings (SSSR count). The lowest BCUT2D eigenvalue weighted by molar-refractivity contribution is 0.100. The second-order valence-corrected chi connectivity index (χ2v) is 5.32. The Bertz CT molecular complexity index is 889. The van der Waals surface area contributed by atoms with E-state index in [0.717, 1.165) is 23.1 Å². The summed E-state index contributed by atoms with van der Waals surface area (Å²) in [5, 5.41) is 0.968. The van der Waals surface area contributed by atoms with Crippen LogP contribution in [0.1, 0.15) is 16.8 Å². The van der Waals surface area contributed by atoms with Crippen LogP contribution in [-0.2, 0) is 0 Å². The highest BCUT2D eigenvalue weighted by Crippen LogP contribution is 2.37. The molecule has 1 aliphatic rings. The van der Waals surface area contributed by atoms with Gasteiger partial charge in [0.15, 0.2) is 0 Å². The fourth-order valence-corrected chi connectivity index (χ4v) is 2.79. The number of ether oxygens (including phenoxy) is 1. The van der Waals surface area contributed by atoms with Crippen molar-refractivity contribution >= 4 is 28.4 Å². The van der Waals surface area contributed by atoms with E-state index in [2.05, 4.69) is 15.0 Å². The number of hydrogen-bond acceptors (Lipinski definition) is 5. The number of aromatic nitrogens is 3. The molecule has 116 valence electrons. The quantitative estimate of drug-likeness (QED) is 0.754. The van der Waals surface area contributed by atoms with Crippen molar-refractivity contribution in [1.82, 2.24) is 15.0 Å². The number of carbonyl (C=O) groups is 1. The first-order chi connectivity index (χ1) is 11.2. The molecule has 4 heterocycles. The number of aromatic amines is 1. The summed E-state index contributed by atoms with van der Waals surface area (Å²) in [6.07, 6.45) is 4.27. The molecule has 1 aliphatic heterocycles. The number of nitrogens with one attached hydrogen (secondary N) is 1. The molecule has 0 aromatic carbocycles. The average Bonchev–Trinajstić information content (AvgIpc) is 2.91. The number of fused-ring (bicyclic) bond motifs is 2. The van der Waals surface area contributed by atoms with Crippen molar-refractivity contribution < 1.29 is 9.53 Å². The molecule has 0 fully saturated rings. The number of amides is 1. The maximum absolute atomic E-state index is 11.7. The summed E-state index contributed by atoms with van der Waals surface area (Å²) in [5.74, 6) is 0.553. The van der Waals surface area contributed by atoms with Gasteiger partial charge in [-0.25, -0.2) is 4.98 Å². The molecule has 3 aromatic heterocycles. The summed E-state index contributed by atoms with van der Waals surface area (Å²) in [4.78, 5) is 25.6. The van der Waals surface area contributed by atoms with Crippen LogP contribution in [0.15, 0.2) is 36.7 Å². The van der Waals surface area contributed by atoms with E-state index in [9.17, 15) is 4.79 Å². The molecule has 3 N–H and O–H groups in total. The van der Waals surface area contributed by atoms with Crippen molar-refractivity contribution in [2.75, 3.05) is 18.1 Å². The molecule has 7 nitrogen and oxygen atoms in total. The number of H-pyrrole nitrogens is 1. The fraction of sp³-hybridized carbons (Fsp3) is 0.188. The van der Waals surface area contributed by atoms with Gasteiger partial charge in [0.2, 0.25) is 5.88 Å². The van der Waals surface area contributed by atoms with Crippen molar-refractivity contribution in [2.45, 2.75) is 6.42 Å². The molecule has 0 radical (unpaired) electrons. The second-order valence-electron chi connectivity index (χ2n) is 5.32. The molecule has 1 amide bonds. The third kappa shape index (κ3) is 2.26. The monoisotopic (exact) mass is 309 g/mol. The Hall–Kier alpha value is -3.09. The van der Waals surface area contributed by atoms with Crippen LogP contribution in [0.5, 0.6) is 5.88 Å². The Labute approximate surface area is 132 Å². The Morgan fingerprint density at radius 1 is 1.39 bits per heavy atom. The molecule has 0 spiro atoms. The first kappa shape index (κ1) is 13.6. The van der Waals surface area contributed by atoms with E-state index in [1.165, 1.54) is 0 Å². The summed E-state index contributed by atoms with van der Waals surface area (Å²) < 4.78 is 5.76. The van der Waals surface area contributed by atoms with Gasteiger partial charge in [-0.3, -0.25) is 4.79 Å². The molecule has 0 saturated carbocycles. The zero-order valence-corrected chi connectivity index (χ0v) is 12.3. The smallest absolute Gasteiger partial charge is 0.252 e. The lowest BCUT2D eigenvalue weighted by atomic mass is 10.2. The number of primary amides is 1. The minimum Gasteiger partial charge on any atom is -0.476 e. The van der Waals surface area contributed by atoms with Gasteiger partial charge in [0.05, 0.1) is 12.2 Å². The number of nitrogens with zero attached hydrogens (tertiary/aromatic N) is 3. The number of carbonyl (C=O) groups excluding carboxylic acids is 1. The normalized spacial score (nSPS) is 14.2. The Morgan fingerprint density at radius 2 is 2.30 bits per heavy atom. The van der Waals surface area contributed by atoms with E-state index >= 15 is 0 Å². The molecule has 0 bridgehead atoms. The van der Waals surface area contributed by atoms with E-state index < -0.39 is 5.91 Å². The van der Waals surface area contributed by atoms with Crippen molar-refractivity contribution in [3.05, 3.63) is 42.2 Å². The van der Waals surface area contributed by atoms with Gasteiger partial charge < -0.3 is 20.4 Å². The lowest BCUT2D eigenvalue weighted by Crippen LogP contribution is -2.24. The Kier molecular flexibility index (Phi) is 3.11. The first-order valence-electron chi connectivity index (χ1n) is 7.37. The van der Waals surface area contributed by atoms with Crippen LogP contribution in [0.25, 0.3) is 11.0 Å². The molecular formula is C16H15N5O2. The van der Waals surface area contributed by atoms with Crippen LogP contribution in [0.4, 0.5) is 11.5 Å². The van der Waals surface area contributed by atoms with E-state index in [1.807, 2.05) is 23.2 Å². The van der Waals surface area contributed by atoms with Gasteiger partial charge in [-0.1, -0.05) is 0 Å². The third-order valence-corrected chi connectivity index (χ3v) is 3.84. The summed E-state index contributed by atoms with van der Waals surface area (Å²) in [7, 11) is 0. The summed E-state index contributed by atoms with van der Waals surface area (Å²) in [5.41, 5.74) is 7.43. The molecule has 23 heavy (non-hydrogen) atoms. The van der Waals surface area contributed by atoms with Gasteiger partial charge in [-0.05, 0) is 30.7 Å². The fourth-order valence-electron chi connectivity index (χ4n) is 2.79. The van der Waals surface area contributed by atoms with Crippen LogP contribution in [0.3, 0.4) is 0 Å². The van der Waals surface area contributed by atoms with Crippen LogP contribution < -0.4 is 15.4 Å². The van der Waals surface area contributed by atoms with Gasteiger partial charge in [0.25, 0.3) is 5.91 Å². The van der Waals surface area contributed by atoms with Crippen LogP contribution in [0.2, 0.25) is 0 Å². The minimum atomic E-state index is -0.504. The largest absolute Gasteiger partial charge is 0.476 e. The standard InChI is InChI=1S/C16H15N5O2/c17-13(22)11-3-1-5-19-15(11)21-7-2-8-23-16-12(21)9-10-4-6-18-14(10)20-16/h1,3-6,9H,2,7-8H2,(H2,17,22)(H,18,20). The summed E-state index contributed by atoms with van der Waals surface area (Å²) >= 11 is 0. The highest BCUT2D eigenvalue weighted by Gasteiger charge is 2.24. The third-order valence-electron chi connectivity index (χ3n) is 3.84. The summed E-state index contributed by atoms with van der Waals surface area (Å²) in [6, 6.07) is 7.31. The van der Waals surface area contributed by atoms with Gasteiger partial charge in [-0.15, -0.1) is 0 Å². The van der Waals surface area contributed by atoms with Crippen molar-refractivity contribution in [2.24, 2.45) is 5.73 Å². The number of hydrogen-bond donors (Lipinski definition) is 2. The van der Waals surface area contributed by atoms with Crippen LogP contribution in [0, 0.1) is 0 Å². The number of anilines is 2. The molecule has 3 aromatic rings. The average molecular weight is 309 g/mol. The van der Waals surface area contributed by atoms with Crippen LogP contribution in [-0.4, -0.2) is 34.0 Å². The van der Waals surface area contributed by atoms with E-state index in [-0.39, 0.29) is 0 Å². The first-order valence-corrected chi connectivity index (χ1v) is 7.37. The number of rotatable bonds is 2. The van der Waals surface area contributed by atoms with Crippen LogP contribution >= 0.6 is 0 Å². The SMILES string of the molecule is NC(=O)c1cccnc1N1CCCOc2nc3[nH]ccc3cc21. The highest BCUT2D eigenvalue weighted by atomic mass is 16.5. The predicted octanol–water partition coefficient (Wildman–Crippen LogP) is 1.98. The zero-order valence-electron chi connectivity index (χ0n) is 12.3. The maximum Gasteiger partial charge on any atom is 0.252 e. The van der Waals surface area contributed by atoms with E-state index in [1.54, 1.807) is 18.3 Å². The van der Waals surface area contributed by atoms with Gasteiger partial charge in [-0.2, -0.15) is 4.98 Å². The van der Waals surface area contributed by atoms with Crippen molar-refractivity contribution in [1.29, 1.82) is 0 Å². The van der Waals surface area contributed by atoms with Gasteiger partial charge >= 0.3 is 0 Å². The van der Waals surface area contributed by atoms with Gasteiger partial charge in [0.1, 0.15) is 17.2 Å². The number of pyridine rings is 2. The number of nitrogens with two attached hydrogens (primary N) is 1. The van der Waals surface area contributed by atoms with Crippen molar-refractivity contribution in [3.63, 3.8) is 0 Å². The lowest BCUT2D eigenvalue weighted by Gasteiger charge is -2.23. The predicted molar refractivity (Wildman–Crippen MR) is 86.0 cm³/mol. The van der Waals surface area contributed by atoms with E-state index in [4.69, 9.17) is 10.5 Å². The molecule has 0 saturated heterocycles. The summed E-state index contributed by atoms with van der Waals surface area (Å²) in [6.45, 7) is 1.23. The van der Waals surface area contributed by atoms with Gasteiger partial charge in [0, 0.05) is 24.3 Å². The molecule has 0 aliphatic carbocycles. The second kappa shape index (κ2) is 5.28. The Morgan fingerprint density at radius 3 is 3.17 bits per heavy atom. The molecule has 0 unspecified atom stereocenters. The molecular weight excluding hydrogens is 294 g/mol. The molecule has 7 heteroatoms. The minimum absolute atomic E-state index is 0.384. The highest BCUT2D eigenvalue weighted by molar-refractivity contribution is 5.99. The molecule has 0 atom stereocenters. The van der Waals surface area contributed by atoms with Crippen molar-refractivity contribution in [3.8, 4) is 5.88 Å². The zero-order chi connectivity index (χ0) is 15.8. The topological polar surface area (TPSA) is 97.1 Å². The Balaban J connectivity index is 1.92.